The molecule has 3 heterocycles. The summed E-state index contributed by atoms with van der Waals surface area (Å²) in [5.74, 6) is -0.888. The molecule has 2 aliphatic rings. The Bertz CT molecular complexity index is 1410. The Morgan fingerprint density at radius 3 is 2.49 bits per heavy atom. The van der Waals surface area contributed by atoms with E-state index in [0.29, 0.717) is 34.3 Å². The highest BCUT2D eigenvalue weighted by molar-refractivity contribution is 6.19. The van der Waals surface area contributed by atoms with Crippen LogP contribution in [0.2, 0.25) is 0 Å². The van der Waals surface area contributed by atoms with E-state index in [0.717, 1.165) is 50.3 Å². The number of methoxy groups -OCH3 is 1. The molecule has 0 radical (unpaired) electrons. The minimum absolute atomic E-state index is 0.0545. The van der Waals surface area contributed by atoms with Crippen LogP contribution in [0.1, 0.15) is 34.5 Å². The van der Waals surface area contributed by atoms with Gasteiger partial charge in [-0.05, 0) is 62.7 Å². The number of carbonyl (C=O) groups is 3. The highest BCUT2D eigenvalue weighted by Crippen LogP contribution is 2.42. The Labute approximate surface area is 214 Å². The highest BCUT2D eigenvalue weighted by atomic mass is 16.6. The van der Waals surface area contributed by atoms with Gasteiger partial charge in [0.15, 0.2) is 17.3 Å². The molecule has 2 N–H and O–H groups in total. The van der Waals surface area contributed by atoms with Gasteiger partial charge in [-0.15, -0.1) is 0 Å². The quantitative estimate of drug-likeness (QED) is 0.310. The first-order valence-corrected chi connectivity index (χ1v) is 12.3. The summed E-state index contributed by atoms with van der Waals surface area (Å²) in [5.41, 5.74) is 8.46. The van der Waals surface area contributed by atoms with Crippen molar-refractivity contribution in [1.29, 1.82) is 0 Å². The molecule has 0 amide bonds. The van der Waals surface area contributed by atoms with Crippen molar-refractivity contribution in [3.05, 3.63) is 65.4 Å². The number of rotatable bonds is 6. The van der Waals surface area contributed by atoms with Gasteiger partial charge in [-0.3, -0.25) is 4.79 Å². The first-order valence-electron chi connectivity index (χ1n) is 12.3. The van der Waals surface area contributed by atoms with Crippen LogP contribution in [0.5, 0.6) is 17.2 Å². The van der Waals surface area contributed by atoms with Gasteiger partial charge in [0, 0.05) is 49.1 Å². The zero-order valence-electron chi connectivity index (χ0n) is 20.9. The number of piperidine rings is 1. The van der Waals surface area contributed by atoms with Crippen LogP contribution in [0, 0.1) is 6.92 Å². The van der Waals surface area contributed by atoms with Crippen molar-refractivity contribution in [2.45, 2.75) is 32.4 Å². The van der Waals surface area contributed by atoms with E-state index in [1.165, 1.54) is 0 Å². The predicted molar refractivity (Wildman–Crippen MR) is 137 cm³/mol. The van der Waals surface area contributed by atoms with Gasteiger partial charge in [0.2, 0.25) is 0 Å². The molecule has 1 unspecified atom stereocenters. The number of carbonyl (C=O) groups excluding carboxylic acids is 3. The van der Waals surface area contributed by atoms with E-state index in [1.54, 1.807) is 43.5 Å². The Hall–Kier alpha value is -3.95. The average Bonchev–Trinajstić information content (AvgIpc) is 3.17. The van der Waals surface area contributed by atoms with Gasteiger partial charge >= 0.3 is 11.9 Å². The minimum Gasteiger partial charge on any atom is -0.497 e. The molecule has 0 bridgehead atoms. The van der Waals surface area contributed by atoms with Gasteiger partial charge in [0.1, 0.15) is 5.75 Å². The molecule has 0 spiro atoms. The number of esters is 2. The molecule has 1 aromatic heterocycles. The average molecular weight is 504 g/mol. The van der Waals surface area contributed by atoms with Crippen LogP contribution in [0.3, 0.4) is 0 Å². The summed E-state index contributed by atoms with van der Waals surface area (Å²) in [6.45, 7) is 5.03. The lowest BCUT2D eigenvalue weighted by atomic mass is 9.99. The van der Waals surface area contributed by atoms with Crippen LogP contribution in [-0.2, 0) is 16.1 Å². The highest BCUT2D eigenvalue weighted by Gasteiger charge is 2.29. The Kier molecular flexibility index (Phi) is 6.82. The molecule has 2 aromatic carbocycles. The van der Waals surface area contributed by atoms with E-state index >= 15 is 0 Å². The van der Waals surface area contributed by atoms with Gasteiger partial charge < -0.3 is 29.4 Å². The topological polar surface area (TPSA) is 113 Å². The van der Waals surface area contributed by atoms with E-state index in [4.69, 9.17) is 19.9 Å². The first-order chi connectivity index (χ1) is 17.9. The molecule has 1 fully saturated rings. The van der Waals surface area contributed by atoms with Crippen LogP contribution in [-0.4, -0.2) is 60.0 Å². The number of fused-ring (bicyclic) bond motifs is 3. The van der Waals surface area contributed by atoms with Crippen molar-refractivity contribution in [3.8, 4) is 17.2 Å². The van der Waals surface area contributed by atoms with Crippen molar-refractivity contribution in [1.82, 2.24) is 9.47 Å². The second-order valence-corrected chi connectivity index (χ2v) is 9.34. The van der Waals surface area contributed by atoms with Gasteiger partial charge in [0.25, 0.3) is 0 Å². The molecular weight excluding hydrogens is 474 g/mol. The second kappa shape index (κ2) is 10.2. The van der Waals surface area contributed by atoms with Crippen LogP contribution in [0.4, 0.5) is 0 Å². The number of nitrogens with two attached hydrogens (primary N) is 1. The van der Waals surface area contributed by atoms with E-state index in [2.05, 4.69) is 9.47 Å². The standard InChI is InChI=1S/C28H29N3O6/c1-17-25(27(34)18-5-7-20(35-2)8-6-18)26-21(31(17)15-14-30-13-3-4-19(29)16-30)9-10-22-28(26)37-24(33)12-11-23(32)36-22/h5-12,19H,3-4,13-16,29H2,1-2H3/b12-11-. The Balaban J connectivity index is 1.64. The Morgan fingerprint density at radius 2 is 1.78 bits per heavy atom. The van der Waals surface area contributed by atoms with Crippen molar-refractivity contribution < 1.29 is 28.6 Å². The van der Waals surface area contributed by atoms with Crippen molar-refractivity contribution in [3.63, 3.8) is 0 Å². The lowest BCUT2D eigenvalue weighted by molar-refractivity contribution is -0.133. The molecule has 3 aromatic rings. The maximum absolute atomic E-state index is 13.9. The monoisotopic (exact) mass is 503 g/mol. The first kappa shape index (κ1) is 24.7. The number of hydrogen-bond acceptors (Lipinski definition) is 8. The largest absolute Gasteiger partial charge is 0.497 e. The summed E-state index contributed by atoms with van der Waals surface area (Å²) in [5, 5.41) is 0.433. The third-order valence-electron chi connectivity index (χ3n) is 6.94. The van der Waals surface area contributed by atoms with E-state index in [-0.39, 0.29) is 23.3 Å². The lowest BCUT2D eigenvalue weighted by Gasteiger charge is -2.30. The number of ether oxygens (including phenoxy) is 3. The maximum Gasteiger partial charge on any atom is 0.336 e. The number of aromatic nitrogens is 1. The fourth-order valence-corrected chi connectivity index (χ4v) is 5.10. The van der Waals surface area contributed by atoms with Crippen LogP contribution in [0.15, 0.2) is 48.6 Å². The summed E-state index contributed by atoms with van der Waals surface area (Å²) in [4.78, 5) is 40.8. The fraction of sp³-hybridized carbons (Fsp3) is 0.321. The molecular formula is C28H29N3O6. The number of likely N-dealkylation sites (tertiary alicyclic amines) is 1. The molecule has 2 aliphatic heterocycles. The zero-order chi connectivity index (χ0) is 26.1. The van der Waals surface area contributed by atoms with Gasteiger partial charge in [-0.2, -0.15) is 0 Å². The smallest absolute Gasteiger partial charge is 0.336 e. The molecule has 9 nitrogen and oxygen atoms in total. The summed E-state index contributed by atoms with van der Waals surface area (Å²) in [6, 6.07) is 10.4. The van der Waals surface area contributed by atoms with E-state index in [9.17, 15) is 14.4 Å². The Morgan fingerprint density at radius 1 is 1.05 bits per heavy atom. The summed E-state index contributed by atoms with van der Waals surface area (Å²) in [7, 11) is 1.56. The number of nitrogens with zero attached hydrogens (tertiary/aromatic N) is 2. The number of benzene rings is 2. The van der Waals surface area contributed by atoms with Crippen LogP contribution >= 0.6 is 0 Å². The van der Waals surface area contributed by atoms with Crippen molar-refractivity contribution in [2.75, 3.05) is 26.7 Å². The van der Waals surface area contributed by atoms with E-state index in [1.807, 2.05) is 6.92 Å². The summed E-state index contributed by atoms with van der Waals surface area (Å²) in [6.07, 6.45) is 4.10. The van der Waals surface area contributed by atoms with Crippen LogP contribution in [0.25, 0.3) is 10.9 Å². The normalized spacial score (nSPS) is 18.9. The van der Waals surface area contributed by atoms with Gasteiger partial charge in [0.05, 0.1) is 23.6 Å². The minimum atomic E-state index is -0.721. The number of hydrogen-bond donors (Lipinski definition) is 1. The molecule has 0 aliphatic carbocycles. The molecule has 192 valence electrons. The predicted octanol–water partition coefficient (Wildman–Crippen LogP) is 2.99. The molecule has 1 atom stereocenters. The van der Waals surface area contributed by atoms with Crippen molar-refractivity contribution >= 4 is 28.6 Å². The SMILES string of the molecule is COc1ccc(C(=O)c2c(C)n(CCN3CCCC(N)C3)c3ccc4c(c23)OC(=O)/C=C\C(=O)O4)cc1. The van der Waals surface area contributed by atoms with Gasteiger partial charge in [-0.25, -0.2) is 9.59 Å². The molecule has 9 heteroatoms. The van der Waals surface area contributed by atoms with Gasteiger partial charge in [-0.1, -0.05) is 0 Å². The molecule has 37 heavy (non-hydrogen) atoms. The second-order valence-electron chi connectivity index (χ2n) is 9.34. The molecule has 0 saturated carbocycles. The third-order valence-corrected chi connectivity index (χ3v) is 6.94. The third kappa shape index (κ3) is 4.87. The van der Waals surface area contributed by atoms with Crippen LogP contribution < -0.4 is 19.9 Å². The summed E-state index contributed by atoms with van der Waals surface area (Å²) < 4.78 is 18.3. The van der Waals surface area contributed by atoms with E-state index < -0.39 is 11.9 Å². The maximum atomic E-state index is 13.9. The fourth-order valence-electron chi connectivity index (χ4n) is 5.10. The molecule has 5 rings (SSSR count). The summed E-state index contributed by atoms with van der Waals surface area (Å²) >= 11 is 0. The lowest BCUT2D eigenvalue weighted by Crippen LogP contribution is -2.43. The number of ketones is 1. The molecule has 1 saturated heterocycles. The zero-order valence-corrected chi connectivity index (χ0v) is 20.9. The van der Waals surface area contributed by atoms with Crippen molar-refractivity contribution in [2.24, 2.45) is 5.73 Å².